The summed E-state index contributed by atoms with van der Waals surface area (Å²) in [6.45, 7) is 0.425. The molecule has 0 aliphatic carbocycles. The molecule has 1 saturated heterocycles. The number of carbonyl (C=O) groups excluding carboxylic acids is 2. The number of nitrogens with zero attached hydrogens (tertiary/aromatic N) is 2. The minimum atomic E-state index is -0.666. The van der Waals surface area contributed by atoms with Crippen LogP contribution in [0, 0.1) is 5.82 Å². The van der Waals surface area contributed by atoms with E-state index in [1.165, 1.54) is 36.0 Å². The van der Waals surface area contributed by atoms with Crippen LogP contribution in [-0.4, -0.2) is 33.7 Å². The third-order valence-corrected chi connectivity index (χ3v) is 6.60. The lowest BCUT2D eigenvalue weighted by Crippen LogP contribution is -2.46. The summed E-state index contributed by atoms with van der Waals surface area (Å²) < 4.78 is 13.3. The lowest BCUT2D eigenvalue weighted by molar-refractivity contribution is -0.129. The number of halogens is 2. The average molecular weight is 482 g/mol. The second-order valence-electron chi connectivity index (χ2n) is 7.43. The van der Waals surface area contributed by atoms with Crippen molar-refractivity contribution in [2.75, 3.05) is 11.9 Å². The number of benzene rings is 3. The second-order valence-corrected chi connectivity index (χ2v) is 9.01. The fourth-order valence-corrected chi connectivity index (χ4v) is 4.66. The van der Waals surface area contributed by atoms with E-state index >= 15 is 0 Å². The molecule has 5 nitrogen and oxygen atoms in total. The van der Waals surface area contributed by atoms with Crippen LogP contribution in [0.1, 0.15) is 12.0 Å². The molecule has 0 saturated carbocycles. The van der Waals surface area contributed by atoms with Gasteiger partial charge in [-0.15, -0.1) is 0 Å². The maximum Gasteiger partial charge on any atom is 0.238 e. The van der Waals surface area contributed by atoms with Crippen LogP contribution in [0.5, 0.6) is 0 Å². The molecule has 168 valence electrons. The summed E-state index contributed by atoms with van der Waals surface area (Å²) in [4.78, 5) is 32.2. The normalized spacial score (nSPS) is 17.3. The zero-order chi connectivity index (χ0) is 23.2. The smallest absolute Gasteiger partial charge is 0.238 e. The van der Waals surface area contributed by atoms with Crippen LogP contribution in [-0.2, 0) is 16.0 Å². The first-order valence-electron chi connectivity index (χ1n) is 10.4. The Morgan fingerprint density at radius 1 is 1.06 bits per heavy atom. The van der Waals surface area contributed by atoms with Gasteiger partial charge in [0.05, 0.1) is 16.4 Å². The van der Waals surface area contributed by atoms with Gasteiger partial charge in [-0.1, -0.05) is 65.8 Å². The number of thioether (sulfide) groups is 1. The minimum Gasteiger partial charge on any atom is -0.324 e. The highest BCUT2D eigenvalue weighted by Gasteiger charge is 2.36. The summed E-state index contributed by atoms with van der Waals surface area (Å²) in [5.74, 6) is -0.884. The van der Waals surface area contributed by atoms with Crippen molar-refractivity contribution in [2.24, 2.45) is 4.99 Å². The Bertz CT molecular complexity index is 1170. The van der Waals surface area contributed by atoms with Crippen molar-refractivity contribution >= 4 is 51.7 Å². The average Bonchev–Trinajstić information content (AvgIpc) is 2.82. The summed E-state index contributed by atoms with van der Waals surface area (Å²) in [6, 6.07) is 22.5. The molecule has 1 aliphatic heterocycles. The summed E-state index contributed by atoms with van der Waals surface area (Å²) in [6.07, 6.45) is 0.685. The molecule has 1 unspecified atom stereocenters. The first-order chi connectivity index (χ1) is 16.0. The molecular weight excluding hydrogens is 461 g/mol. The van der Waals surface area contributed by atoms with E-state index in [9.17, 15) is 14.0 Å². The third-order valence-electron chi connectivity index (χ3n) is 5.08. The zero-order valence-corrected chi connectivity index (χ0v) is 19.2. The molecule has 0 aromatic heterocycles. The maximum atomic E-state index is 13.3. The van der Waals surface area contributed by atoms with Gasteiger partial charge in [0.25, 0.3) is 0 Å². The van der Waals surface area contributed by atoms with Crippen molar-refractivity contribution in [3.63, 3.8) is 0 Å². The van der Waals surface area contributed by atoms with Crippen molar-refractivity contribution in [3.8, 4) is 0 Å². The Labute approximate surface area is 200 Å². The molecule has 1 aliphatic rings. The van der Waals surface area contributed by atoms with E-state index < -0.39 is 5.25 Å². The number of nitrogens with one attached hydrogen (secondary N) is 1. The molecule has 33 heavy (non-hydrogen) atoms. The van der Waals surface area contributed by atoms with Gasteiger partial charge in [0, 0.05) is 13.0 Å². The quantitative estimate of drug-likeness (QED) is 0.492. The molecule has 1 atom stereocenters. The number of anilines is 1. The fraction of sp³-hybridized carbons (Fsp3) is 0.160. The van der Waals surface area contributed by atoms with E-state index in [4.69, 9.17) is 11.6 Å². The van der Waals surface area contributed by atoms with E-state index in [1.807, 2.05) is 30.3 Å². The van der Waals surface area contributed by atoms with Crippen LogP contribution in [0.3, 0.4) is 0 Å². The van der Waals surface area contributed by atoms with Crippen LogP contribution in [0.2, 0.25) is 5.02 Å². The fourth-order valence-electron chi connectivity index (χ4n) is 3.35. The van der Waals surface area contributed by atoms with Crippen LogP contribution in [0.4, 0.5) is 15.8 Å². The van der Waals surface area contributed by atoms with E-state index in [1.54, 1.807) is 29.2 Å². The molecule has 2 amide bonds. The number of carbonyl (C=O) groups is 2. The number of aliphatic imine (C=N–C) groups is 1. The van der Waals surface area contributed by atoms with E-state index in [2.05, 4.69) is 10.3 Å². The van der Waals surface area contributed by atoms with Crippen molar-refractivity contribution in [3.05, 3.63) is 95.3 Å². The van der Waals surface area contributed by atoms with Gasteiger partial charge in [-0.05, 0) is 48.4 Å². The Morgan fingerprint density at radius 3 is 2.48 bits per heavy atom. The predicted molar refractivity (Wildman–Crippen MR) is 131 cm³/mol. The van der Waals surface area contributed by atoms with E-state index in [-0.39, 0.29) is 24.1 Å². The van der Waals surface area contributed by atoms with Crippen LogP contribution >= 0.6 is 23.4 Å². The minimum absolute atomic E-state index is 0.0399. The monoisotopic (exact) mass is 481 g/mol. The molecule has 3 aromatic rings. The van der Waals surface area contributed by atoms with Crippen LogP contribution in [0.25, 0.3) is 0 Å². The largest absolute Gasteiger partial charge is 0.324 e. The molecule has 1 N–H and O–H groups in total. The molecule has 1 heterocycles. The van der Waals surface area contributed by atoms with Crippen LogP contribution in [0.15, 0.2) is 83.9 Å². The molecular formula is C25H21ClFN3O2S. The Balaban J connectivity index is 1.56. The van der Waals surface area contributed by atoms with Crippen molar-refractivity contribution in [2.45, 2.75) is 18.1 Å². The molecule has 0 spiro atoms. The molecule has 8 heteroatoms. The highest BCUT2D eigenvalue weighted by atomic mass is 35.5. The Morgan fingerprint density at radius 2 is 1.76 bits per heavy atom. The number of amidine groups is 1. The Kier molecular flexibility index (Phi) is 7.42. The van der Waals surface area contributed by atoms with Crippen LogP contribution < -0.4 is 5.32 Å². The first kappa shape index (κ1) is 23.0. The first-order valence-corrected chi connectivity index (χ1v) is 11.7. The number of rotatable bonds is 6. The van der Waals surface area contributed by atoms with Gasteiger partial charge >= 0.3 is 0 Å². The van der Waals surface area contributed by atoms with E-state index in [0.717, 1.165) is 5.56 Å². The highest BCUT2D eigenvalue weighted by molar-refractivity contribution is 8.15. The summed E-state index contributed by atoms with van der Waals surface area (Å²) in [7, 11) is 0. The van der Waals surface area contributed by atoms with Crippen molar-refractivity contribution < 1.29 is 14.0 Å². The molecule has 3 aromatic carbocycles. The zero-order valence-electron chi connectivity index (χ0n) is 17.6. The number of hydrogen-bond donors (Lipinski definition) is 1. The predicted octanol–water partition coefficient (Wildman–Crippen LogP) is 5.68. The molecule has 0 bridgehead atoms. The van der Waals surface area contributed by atoms with Gasteiger partial charge in [0.1, 0.15) is 11.1 Å². The number of para-hydroxylation sites is 1. The van der Waals surface area contributed by atoms with Gasteiger partial charge < -0.3 is 5.32 Å². The van der Waals surface area contributed by atoms with Gasteiger partial charge in [-0.25, -0.2) is 9.38 Å². The van der Waals surface area contributed by atoms with Gasteiger partial charge in [-0.3, -0.25) is 14.5 Å². The van der Waals surface area contributed by atoms with E-state index in [0.29, 0.717) is 34.5 Å². The van der Waals surface area contributed by atoms with Crippen molar-refractivity contribution in [1.82, 2.24) is 4.90 Å². The van der Waals surface area contributed by atoms with Gasteiger partial charge in [0.2, 0.25) is 11.8 Å². The third kappa shape index (κ3) is 6.00. The molecule has 4 rings (SSSR count). The highest BCUT2D eigenvalue weighted by Crippen LogP contribution is 2.31. The number of amides is 2. The lowest BCUT2D eigenvalue weighted by Gasteiger charge is -2.32. The van der Waals surface area contributed by atoms with Gasteiger partial charge in [-0.2, -0.15) is 0 Å². The Hall–Kier alpha value is -3.16. The van der Waals surface area contributed by atoms with Crippen molar-refractivity contribution in [1.29, 1.82) is 0 Å². The standard InChI is InChI=1S/C25H21ClFN3O2S/c26-20-8-4-5-9-21(20)29-24(32)22-16-23(31)30(15-14-17-6-2-1-3-7-17)25(33-22)28-19-12-10-18(27)11-13-19/h1-13,22H,14-16H2,(H,29,32). The molecule has 0 radical (unpaired) electrons. The number of hydrogen-bond acceptors (Lipinski definition) is 4. The topological polar surface area (TPSA) is 61.8 Å². The lowest BCUT2D eigenvalue weighted by atomic mass is 10.1. The SMILES string of the molecule is O=C(Nc1ccccc1Cl)C1CC(=O)N(CCc2ccccc2)C(=Nc2ccc(F)cc2)S1. The van der Waals surface area contributed by atoms with Gasteiger partial charge in [0.15, 0.2) is 5.17 Å². The maximum absolute atomic E-state index is 13.3. The molecule has 1 fully saturated rings. The summed E-state index contributed by atoms with van der Waals surface area (Å²) in [5, 5.41) is 2.96. The summed E-state index contributed by atoms with van der Waals surface area (Å²) in [5.41, 5.74) is 2.08. The summed E-state index contributed by atoms with van der Waals surface area (Å²) >= 11 is 7.37. The second kappa shape index (κ2) is 10.6.